The number of hydrogen-bond donors (Lipinski definition) is 1. The molecule has 152 valence electrons. The number of hydrogen-bond acceptors (Lipinski definition) is 4. The summed E-state index contributed by atoms with van der Waals surface area (Å²) in [7, 11) is 1.66. The van der Waals surface area contributed by atoms with Crippen molar-refractivity contribution in [1.29, 1.82) is 0 Å². The number of carbonyl (C=O) groups is 2. The van der Waals surface area contributed by atoms with Crippen molar-refractivity contribution < 1.29 is 14.3 Å². The van der Waals surface area contributed by atoms with E-state index in [0.29, 0.717) is 30.4 Å². The van der Waals surface area contributed by atoms with Crippen molar-refractivity contribution in [2.75, 3.05) is 20.2 Å². The zero-order chi connectivity index (χ0) is 20.6. The van der Waals surface area contributed by atoms with Crippen molar-refractivity contribution in [1.82, 2.24) is 14.8 Å². The van der Waals surface area contributed by atoms with Crippen LogP contribution in [0, 0.1) is 0 Å². The number of halogens is 1. The van der Waals surface area contributed by atoms with Crippen molar-refractivity contribution in [2.45, 2.75) is 31.5 Å². The molecule has 0 radical (unpaired) electrons. The minimum Gasteiger partial charge on any atom is -0.376 e. The fraction of sp³-hybridized carbons (Fsp3) is 0.381. The Balaban J connectivity index is 1.48. The normalized spacial score (nSPS) is 17.0. The first-order valence-electron chi connectivity index (χ1n) is 9.53. The van der Waals surface area contributed by atoms with E-state index in [0.717, 1.165) is 18.4 Å². The van der Waals surface area contributed by atoms with Gasteiger partial charge in [-0.3, -0.25) is 14.4 Å². The molecular weight excluding hydrogens is 394 g/mol. The first-order valence-corrected chi connectivity index (χ1v) is 9.91. The van der Waals surface area contributed by atoms with Crippen LogP contribution in [-0.2, 0) is 17.8 Å². The monoisotopic (exact) mass is 415 g/mol. The Labute approximate surface area is 173 Å². The fourth-order valence-electron chi connectivity index (χ4n) is 3.59. The van der Waals surface area contributed by atoms with Gasteiger partial charge in [0.05, 0.1) is 12.1 Å². The molecule has 1 aromatic heterocycles. The predicted octanol–water partition coefficient (Wildman–Crippen LogP) is 2.07. The third kappa shape index (κ3) is 3.93. The molecule has 29 heavy (non-hydrogen) atoms. The van der Waals surface area contributed by atoms with Gasteiger partial charge in [-0.25, -0.2) is 0 Å². The maximum atomic E-state index is 12.8. The Kier molecular flexibility index (Phi) is 5.19. The highest BCUT2D eigenvalue weighted by atomic mass is 35.5. The van der Waals surface area contributed by atoms with E-state index in [4.69, 9.17) is 16.3 Å². The summed E-state index contributed by atoms with van der Waals surface area (Å²) < 4.78 is 6.90. The molecular formula is C21H22ClN3O4. The molecule has 1 N–H and O–H groups in total. The molecule has 2 heterocycles. The van der Waals surface area contributed by atoms with E-state index in [1.807, 2.05) is 12.1 Å². The van der Waals surface area contributed by atoms with E-state index < -0.39 is 11.5 Å². The van der Waals surface area contributed by atoms with Crippen molar-refractivity contribution in [3.05, 3.63) is 68.6 Å². The Hall–Kier alpha value is -2.64. The summed E-state index contributed by atoms with van der Waals surface area (Å²) >= 11 is 5.86. The number of fused-ring (bicyclic) bond motifs is 1. The SMILES string of the molecule is COC1(CN2CCn3c(ccc(C(=O)NCc4ccc(Cl)cc4)c3=O)C2=O)CC1. The molecule has 0 spiro atoms. The molecule has 2 aromatic rings. The van der Waals surface area contributed by atoms with E-state index in [2.05, 4.69) is 5.32 Å². The van der Waals surface area contributed by atoms with Crippen molar-refractivity contribution in [2.24, 2.45) is 0 Å². The predicted molar refractivity (Wildman–Crippen MR) is 108 cm³/mol. The van der Waals surface area contributed by atoms with Gasteiger partial charge in [0.1, 0.15) is 11.3 Å². The van der Waals surface area contributed by atoms with Crippen LogP contribution in [0.1, 0.15) is 39.3 Å². The number of ether oxygens (including phenoxy) is 1. The first-order chi connectivity index (χ1) is 13.9. The van der Waals surface area contributed by atoms with Gasteiger partial charge in [-0.05, 0) is 42.7 Å². The summed E-state index contributed by atoms with van der Waals surface area (Å²) in [5.74, 6) is -0.670. The first kappa shape index (κ1) is 19.7. The number of aromatic nitrogens is 1. The zero-order valence-electron chi connectivity index (χ0n) is 16.1. The Morgan fingerprint density at radius 1 is 1.14 bits per heavy atom. The van der Waals surface area contributed by atoms with Gasteiger partial charge >= 0.3 is 0 Å². The Bertz CT molecular complexity index is 1010. The lowest BCUT2D eigenvalue weighted by atomic mass is 10.1. The maximum Gasteiger partial charge on any atom is 0.270 e. The summed E-state index contributed by atoms with van der Waals surface area (Å²) in [4.78, 5) is 39.9. The number of nitrogens with zero attached hydrogens (tertiary/aromatic N) is 2. The third-order valence-electron chi connectivity index (χ3n) is 5.60. The number of carbonyl (C=O) groups excluding carboxylic acids is 2. The lowest BCUT2D eigenvalue weighted by molar-refractivity contribution is 0.0311. The molecule has 1 fully saturated rings. The van der Waals surface area contributed by atoms with Crippen LogP contribution in [0.4, 0.5) is 0 Å². The second-order valence-corrected chi connectivity index (χ2v) is 7.95. The smallest absolute Gasteiger partial charge is 0.270 e. The standard InChI is InChI=1S/C21H22ClN3O4/c1-29-21(8-9-21)13-24-10-11-25-17(20(24)28)7-6-16(19(25)27)18(26)23-12-14-2-4-15(22)5-3-14/h2-7H,8-13H2,1H3,(H,23,26). The van der Waals surface area contributed by atoms with Gasteiger partial charge in [0.25, 0.3) is 17.4 Å². The van der Waals surface area contributed by atoms with Crippen molar-refractivity contribution in [3.63, 3.8) is 0 Å². The second kappa shape index (κ2) is 7.65. The van der Waals surface area contributed by atoms with Gasteiger partial charge in [-0.2, -0.15) is 0 Å². The Morgan fingerprint density at radius 3 is 2.52 bits per heavy atom. The van der Waals surface area contributed by atoms with Crippen LogP contribution in [0.15, 0.2) is 41.2 Å². The minimum absolute atomic E-state index is 0.0273. The second-order valence-electron chi connectivity index (χ2n) is 7.51. The lowest BCUT2D eigenvalue weighted by Crippen LogP contribution is -2.48. The van der Waals surface area contributed by atoms with Crippen molar-refractivity contribution in [3.8, 4) is 0 Å². The molecule has 1 aromatic carbocycles. The molecule has 1 aliphatic carbocycles. The molecule has 0 unspecified atom stereocenters. The third-order valence-corrected chi connectivity index (χ3v) is 5.86. The quantitative estimate of drug-likeness (QED) is 0.783. The number of methoxy groups -OCH3 is 1. The van der Waals surface area contributed by atoms with Gasteiger partial charge in [0.15, 0.2) is 0 Å². The summed E-state index contributed by atoms with van der Waals surface area (Å²) in [5, 5.41) is 3.36. The molecule has 0 bridgehead atoms. The van der Waals surface area contributed by atoms with Crippen LogP contribution in [0.25, 0.3) is 0 Å². The van der Waals surface area contributed by atoms with Crippen LogP contribution < -0.4 is 10.9 Å². The topological polar surface area (TPSA) is 80.6 Å². The minimum atomic E-state index is -0.466. The van der Waals surface area contributed by atoms with Gasteiger partial charge < -0.3 is 19.5 Å². The number of nitrogens with one attached hydrogen (secondary N) is 1. The number of rotatable bonds is 6. The van der Waals surface area contributed by atoms with Gasteiger partial charge in [0.2, 0.25) is 0 Å². The molecule has 2 aliphatic rings. The number of amides is 2. The van der Waals surface area contributed by atoms with Gasteiger partial charge in [0, 0.05) is 31.8 Å². The molecule has 7 nitrogen and oxygen atoms in total. The van der Waals surface area contributed by atoms with E-state index >= 15 is 0 Å². The van der Waals surface area contributed by atoms with Crippen LogP contribution in [0.5, 0.6) is 0 Å². The molecule has 2 amide bonds. The molecule has 1 aliphatic heterocycles. The number of benzene rings is 1. The van der Waals surface area contributed by atoms with Crippen molar-refractivity contribution >= 4 is 23.4 Å². The number of pyridine rings is 1. The highest BCUT2D eigenvalue weighted by Gasteiger charge is 2.46. The molecule has 8 heteroatoms. The molecule has 0 atom stereocenters. The lowest BCUT2D eigenvalue weighted by Gasteiger charge is -2.32. The van der Waals surface area contributed by atoms with Crippen LogP contribution in [-0.4, -0.2) is 47.1 Å². The van der Waals surface area contributed by atoms with Gasteiger partial charge in [-0.15, -0.1) is 0 Å². The van der Waals surface area contributed by atoms with Crippen LogP contribution >= 0.6 is 11.6 Å². The average Bonchev–Trinajstić information content (AvgIpc) is 3.50. The molecule has 0 saturated heterocycles. The van der Waals surface area contributed by atoms with E-state index in [-0.39, 0.29) is 23.6 Å². The fourth-order valence-corrected chi connectivity index (χ4v) is 3.71. The van der Waals surface area contributed by atoms with Crippen LogP contribution in [0.2, 0.25) is 5.02 Å². The van der Waals surface area contributed by atoms with E-state index in [9.17, 15) is 14.4 Å². The summed E-state index contributed by atoms with van der Waals surface area (Å²) in [6, 6.07) is 10.1. The summed E-state index contributed by atoms with van der Waals surface area (Å²) in [6.07, 6.45) is 1.87. The average molecular weight is 416 g/mol. The van der Waals surface area contributed by atoms with Gasteiger partial charge in [-0.1, -0.05) is 23.7 Å². The van der Waals surface area contributed by atoms with E-state index in [1.165, 1.54) is 10.6 Å². The van der Waals surface area contributed by atoms with E-state index in [1.54, 1.807) is 30.2 Å². The zero-order valence-corrected chi connectivity index (χ0v) is 16.9. The largest absolute Gasteiger partial charge is 0.376 e. The molecule has 4 rings (SSSR count). The molecule has 1 saturated carbocycles. The maximum absolute atomic E-state index is 12.8. The van der Waals surface area contributed by atoms with Crippen LogP contribution in [0.3, 0.4) is 0 Å². The highest BCUT2D eigenvalue weighted by molar-refractivity contribution is 6.30. The Morgan fingerprint density at radius 2 is 1.86 bits per heavy atom. The highest BCUT2D eigenvalue weighted by Crippen LogP contribution is 2.40. The summed E-state index contributed by atoms with van der Waals surface area (Å²) in [5.41, 5.74) is 0.525. The summed E-state index contributed by atoms with van der Waals surface area (Å²) in [6.45, 7) is 1.59.